The quantitative estimate of drug-likeness (QED) is 0.261. The van der Waals surface area contributed by atoms with Gasteiger partial charge < -0.3 is 36.3 Å². The first-order chi connectivity index (χ1) is 20.7. The first kappa shape index (κ1) is 32.0. The Morgan fingerprint density at radius 3 is 2.52 bits per heavy atom. The van der Waals surface area contributed by atoms with Gasteiger partial charge in [-0.15, -0.1) is 0 Å². The van der Waals surface area contributed by atoms with Crippen LogP contribution in [0.1, 0.15) is 96.6 Å². The Balaban J connectivity index is 0.000000299. The Kier molecular flexibility index (Phi) is 7.89. The number of benzene rings is 1. The van der Waals surface area contributed by atoms with Crippen molar-refractivity contribution in [1.29, 1.82) is 0 Å². The van der Waals surface area contributed by atoms with Gasteiger partial charge in [-0.3, -0.25) is 9.69 Å². The van der Waals surface area contributed by atoms with E-state index in [0.29, 0.717) is 24.8 Å². The van der Waals surface area contributed by atoms with Gasteiger partial charge in [0.15, 0.2) is 11.5 Å². The van der Waals surface area contributed by atoms with Crippen molar-refractivity contribution in [2.45, 2.75) is 127 Å². The number of carboxylic acid groups (broad SMARTS) is 1. The van der Waals surface area contributed by atoms with Gasteiger partial charge in [-0.1, -0.05) is 33.3 Å². The van der Waals surface area contributed by atoms with E-state index < -0.39 is 23.2 Å². The second-order valence-electron chi connectivity index (χ2n) is 16.0. The topological polar surface area (TPSA) is 151 Å². The Hall–Kier alpha value is -1.91. The van der Waals surface area contributed by atoms with E-state index in [-0.39, 0.29) is 34.0 Å². The lowest BCUT2D eigenvalue weighted by Crippen LogP contribution is -2.83. The molecule has 2 aliphatic heterocycles. The van der Waals surface area contributed by atoms with E-state index in [1.54, 1.807) is 0 Å². The van der Waals surface area contributed by atoms with E-state index in [0.717, 1.165) is 57.4 Å². The average molecular weight is 614 g/mol. The number of hydrogen-bond donors (Lipinski definition) is 5. The van der Waals surface area contributed by atoms with Crippen LogP contribution in [0.25, 0.3) is 0 Å². The Bertz CT molecular complexity index is 1280. The number of phenols is 1. The predicted molar refractivity (Wildman–Crippen MR) is 169 cm³/mol. The van der Waals surface area contributed by atoms with Crippen molar-refractivity contribution < 1.29 is 29.6 Å². The van der Waals surface area contributed by atoms with E-state index in [9.17, 15) is 15.0 Å². The second kappa shape index (κ2) is 10.8. The zero-order chi connectivity index (χ0) is 31.9. The number of unbranched alkanes of at least 4 members (excludes halogenated alkanes) is 1. The van der Waals surface area contributed by atoms with Gasteiger partial charge in [-0.05, 0) is 101 Å². The molecule has 2 spiro atoms. The summed E-state index contributed by atoms with van der Waals surface area (Å²) in [7, 11) is 1.83. The van der Waals surface area contributed by atoms with Crippen molar-refractivity contribution in [3.8, 4) is 11.5 Å². The highest BCUT2D eigenvalue weighted by Crippen LogP contribution is 2.78. The maximum atomic E-state index is 12.2. The first-order valence-corrected chi connectivity index (χ1v) is 16.9. The van der Waals surface area contributed by atoms with Crippen LogP contribution in [0.3, 0.4) is 0 Å². The fraction of sp³-hybridized carbons (Fsp3) is 0.800. The zero-order valence-electron chi connectivity index (χ0n) is 27.4. The number of nitrogens with two attached hydrogens (primary N) is 2. The molecular weight excluding hydrogens is 558 g/mol. The number of carbonyl (C=O) groups is 1. The summed E-state index contributed by atoms with van der Waals surface area (Å²) in [4.78, 5) is 13.0. The smallest absolute Gasteiger partial charge is 0.320 e. The molecular formula is C35H55N3O6. The van der Waals surface area contributed by atoms with Crippen LogP contribution in [0, 0.1) is 22.7 Å². The monoisotopic (exact) mass is 613 g/mol. The molecule has 0 radical (unpaired) electrons. The van der Waals surface area contributed by atoms with Gasteiger partial charge >= 0.3 is 5.97 Å². The van der Waals surface area contributed by atoms with Crippen LogP contribution >= 0.6 is 0 Å². The molecule has 8 atom stereocenters. The van der Waals surface area contributed by atoms with E-state index in [1.807, 2.05) is 20.1 Å². The Morgan fingerprint density at radius 1 is 1.18 bits per heavy atom. The third-order valence-corrected chi connectivity index (χ3v) is 13.1. The van der Waals surface area contributed by atoms with Crippen molar-refractivity contribution >= 4 is 5.97 Å². The second-order valence-corrected chi connectivity index (χ2v) is 16.0. The number of rotatable bonds is 9. The molecule has 4 saturated carbocycles. The molecule has 4 bridgehead atoms. The molecule has 9 heteroatoms. The van der Waals surface area contributed by atoms with Crippen LogP contribution in [0.2, 0.25) is 0 Å². The molecule has 246 valence electrons. The number of hydrogen-bond acceptors (Lipinski definition) is 8. The SMILES string of the molecule is CO[C@@]12CC[C@@]3(C[C@@H]1[C@](C)(O)C(C)(C)C)[C@H]1Cc4ccc(O)c5c4[C@@]3(CCN1CC1CC1)[C@H]2O5.NCCCCC(N)C(=O)O. The van der Waals surface area contributed by atoms with Crippen molar-refractivity contribution in [3.05, 3.63) is 23.3 Å². The summed E-state index contributed by atoms with van der Waals surface area (Å²) in [5.74, 6) is 0.869. The van der Waals surface area contributed by atoms with Crippen molar-refractivity contribution in [2.75, 3.05) is 26.7 Å². The van der Waals surface area contributed by atoms with Crippen LogP contribution in [-0.2, 0) is 21.4 Å². The van der Waals surface area contributed by atoms with E-state index >= 15 is 0 Å². The van der Waals surface area contributed by atoms with E-state index in [1.165, 1.54) is 30.5 Å². The van der Waals surface area contributed by atoms with Crippen LogP contribution in [0.15, 0.2) is 12.1 Å². The zero-order valence-corrected chi connectivity index (χ0v) is 27.4. The summed E-state index contributed by atoms with van der Waals surface area (Å²) in [6.45, 7) is 11.4. The minimum Gasteiger partial charge on any atom is -0.504 e. The number of methoxy groups -OCH3 is 1. The summed E-state index contributed by atoms with van der Waals surface area (Å²) in [6, 6.07) is 3.74. The fourth-order valence-corrected chi connectivity index (χ4v) is 10.2. The predicted octanol–water partition coefficient (Wildman–Crippen LogP) is 3.94. The molecule has 2 heterocycles. The molecule has 7 aliphatic rings. The molecule has 7 N–H and O–H groups in total. The van der Waals surface area contributed by atoms with Crippen molar-refractivity contribution in [1.82, 2.24) is 4.90 Å². The van der Waals surface area contributed by atoms with E-state index in [4.69, 9.17) is 26.0 Å². The summed E-state index contributed by atoms with van der Waals surface area (Å²) in [5.41, 5.74) is 11.2. The summed E-state index contributed by atoms with van der Waals surface area (Å²) < 4.78 is 13.5. The lowest BCUT2D eigenvalue weighted by Gasteiger charge is -2.75. The number of piperidine rings is 1. The maximum absolute atomic E-state index is 12.2. The van der Waals surface area contributed by atoms with Gasteiger partial charge in [-0.2, -0.15) is 0 Å². The number of likely N-dealkylation sites (tertiary alicyclic amines) is 1. The number of phenolic OH excluding ortho intramolecular Hbond substituents is 1. The number of ether oxygens (including phenoxy) is 2. The minimum absolute atomic E-state index is 0.0294. The van der Waals surface area contributed by atoms with Crippen molar-refractivity contribution in [3.63, 3.8) is 0 Å². The normalized spacial score (nSPS) is 36.9. The van der Waals surface area contributed by atoms with E-state index in [2.05, 4.69) is 31.7 Å². The molecule has 9 nitrogen and oxygen atoms in total. The van der Waals surface area contributed by atoms with Gasteiger partial charge in [0.05, 0.1) is 5.60 Å². The molecule has 1 saturated heterocycles. The van der Waals surface area contributed by atoms with Gasteiger partial charge in [0.25, 0.3) is 0 Å². The fourth-order valence-electron chi connectivity index (χ4n) is 10.2. The average Bonchev–Trinajstić information content (AvgIpc) is 3.72. The minimum atomic E-state index is -0.933. The van der Waals surface area contributed by atoms with Gasteiger partial charge in [0, 0.05) is 42.0 Å². The molecule has 8 rings (SSSR count). The number of aliphatic hydroxyl groups is 1. The highest BCUT2D eigenvalue weighted by atomic mass is 16.6. The number of aliphatic carboxylic acids is 1. The number of aromatic hydroxyl groups is 1. The molecule has 1 aromatic carbocycles. The van der Waals surface area contributed by atoms with Gasteiger partial charge in [0.2, 0.25) is 0 Å². The van der Waals surface area contributed by atoms with Gasteiger partial charge in [0.1, 0.15) is 17.7 Å². The molecule has 1 unspecified atom stereocenters. The number of fused-ring (bicyclic) bond motifs is 2. The Morgan fingerprint density at radius 2 is 1.91 bits per heavy atom. The molecule has 44 heavy (non-hydrogen) atoms. The number of carboxylic acids is 1. The van der Waals surface area contributed by atoms with Crippen molar-refractivity contribution in [2.24, 2.45) is 34.1 Å². The standard InChI is InChI=1S/C29H41NO4.C6H14N2O2/c1-25(2,3)26(4,32)20-15-27-10-11-29(20,33-5)24-28(27)12-13-30(16-17-6-7-17)21(27)14-18-8-9-19(31)23(34-24)22(18)28;7-4-2-1-3-5(8)6(9)10/h8-9,17,20-21,24,31-32H,6-7,10-16H2,1-5H3;5H,1-4,7-8H2,(H,9,10)/t20-,21-,24-,26+,27-,28+,29+;/m1./s1. The lowest BCUT2D eigenvalue weighted by molar-refractivity contribution is -0.312. The largest absolute Gasteiger partial charge is 0.504 e. The maximum Gasteiger partial charge on any atom is 0.320 e. The molecule has 1 aromatic rings. The first-order valence-electron chi connectivity index (χ1n) is 16.9. The number of nitrogens with zero attached hydrogens (tertiary/aromatic N) is 1. The Labute approximate surface area is 262 Å². The van der Waals surface area contributed by atoms with Crippen LogP contribution in [0.5, 0.6) is 11.5 Å². The molecule has 5 aliphatic carbocycles. The molecule has 0 amide bonds. The lowest BCUT2D eigenvalue weighted by atomic mass is 9.33. The highest BCUT2D eigenvalue weighted by molar-refractivity contribution is 5.72. The molecule has 5 fully saturated rings. The molecule has 0 aromatic heterocycles. The third-order valence-electron chi connectivity index (χ3n) is 13.1. The third kappa shape index (κ3) is 4.39. The highest BCUT2D eigenvalue weighted by Gasteiger charge is 2.82. The van der Waals surface area contributed by atoms with Crippen LogP contribution in [-0.4, -0.2) is 82.3 Å². The summed E-state index contributed by atoms with van der Waals surface area (Å²) >= 11 is 0. The summed E-state index contributed by atoms with van der Waals surface area (Å²) in [5, 5.41) is 31.5. The van der Waals surface area contributed by atoms with Crippen LogP contribution in [0.4, 0.5) is 0 Å². The summed E-state index contributed by atoms with van der Waals surface area (Å²) in [6.07, 6.45) is 9.80. The van der Waals surface area contributed by atoms with Crippen LogP contribution < -0.4 is 16.2 Å². The van der Waals surface area contributed by atoms with Gasteiger partial charge in [-0.25, -0.2) is 0 Å².